The predicted molar refractivity (Wildman–Crippen MR) is 114 cm³/mol. The van der Waals surface area contributed by atoms with Gasteiger partial charge >= 0.3 is 0 Å². The van der Waals surface area contributed by atoms with Gasteiger partial charge in [0, 0.05) is 17.4 Å². The van der Waals surface area contributed by atoms with Gasteiger partial charge in [-0.25, -0.2) is 0 Å². The van der Waals surface area contributed by atoms with Crippen molar-refractivity contribution < 1.29 is 4.79 Å². The Kier molecular flexibility index (Phi) is 4.75. The van der Waals surface area contributed by atoms with Gasteiger partial charge in [-0.3, -0.25) is 4.79 Å². The Hall–Kier alpha value is -2.59. The zero-order chi connectivity index (χ0) is 19.0. The highest BCUT2D eigenvalue weighted by Gasteiger charge is 2.34. The Morgan fingerprint density at radius 1 is 1.07 bits per heavy atom. The number of rotatable bonds is 3. The molecule has 0 saturated heterocycles. The molecule has 2 atom stereocenters. The van der Waals surface area contributed by atoms with E-state index < -0.39 is 0 Å². The highest BCUT2D eigenvalue weighted by atomic mass is 32.1. The third-order valence-electron chi connectivity index (χ3n) is 5.18. The fraction of sp³-hybridized carbons (Fsp3) is 0.261. The van der Waals surface area contributed by atoms with Crippen molar-refractivity contribution in [3.8, 4) is 0 Å². The van der Waals surface area contributed by atoms with Crippen LogP contribution in [0.4, 0.5) is 11.4 Å². The van der Waals surface area contributed by atoms with Crippen LogP contribution in [0.2, 0.25) is 0 Å². The highest BCUT2D eigenvalue weighted by Crippen LogP contribution is 2.40. The van der Waals surface area contributed by atoms with Crippen molar-refractivity contribution in [1.82, 2.24) is 0 Å². The van der Waals surface area contributed by atoms with Crippen molar-refractivity contribution >= 4 is 28.6 Å². The van der Waals surface area contributed by atoms with E-state index in [0.717, 1.165) is 22.7 Å². The number of aryl methyl sites for hydroxylation is 2. The molecule has 1 aliphatic heterocycles. The first kappa shape index (κ1) is 17.8. The molecule has 0 bridgehead atoms. The van der Waals surface area contributed by atoms with Gasteiger partial charge in [0.1, 0.15) is 0 Å². The summed E-state index contributed by atoms with van der Waals surface area (Å²) in [4.78, 5) is 15.9. The van der Waals surface area contributed by atoms with Crippen molar-refractivity contribution in [2.24, 2.45) is 0 Å². The number of benzene rings is 2. The third kappa shape index (κ3) is 3.50. The molecule has 0 fully saturated rings. The SMILES string of the molecule is Cc1ccc(N[C@H]2C[C@@H](C)N(C(=O)c3cccs3)c3ccc(C)cc32)cc1. The minimum atomic E-state index is 0.0939. The average molecular weight is 377 g/mol. The molecule has 27 heavy (non-hydrogen) atoms. The van der Waals surface area contributed by atoms with Gasteiger partial charge < -0.3 is 10.2 Å². The lowest BCUT2D eigenvalue weighted by molar-refractivity contribution is 0.0978. The maximum Gasteiger partial charge on any atom is 0.268 e. The van der Waals surface area contributed by atoms with Gasteiger partial charge in [0.2, 0.25) is 0 Å². The molecule has 0 saturated carbocycles. The van der Waals surface area contributed by atoms with E-state index >= 15 is 0 Å². The third-order valence-corrected chi connectivity index (χ3v) is 6.04. The average Bonchev–Trinajstić information content (AvgIpc) is 3.18. The van der Waals surface area contributed by atoms with Crippen LogP contribution in [0.15, 0.2) is 60.0 Å². The van der Waals surface area contributed by atoms with Crippen LogP contribution in [0.1, 0.15) is 45.7 Å². The van der Waals surface area contributed by atoms with E-state index in [1.54, 1.807) is 0 Å². The number of nitrogens with zero attached hydrogens (tertiary/aromatic N) is 1. The maximum absolute atomic E-state index is 13.1. The molecule has 4 heteroatoms. The van der Waals surface area contributed by atoms with E-state index in [4.69, 9.17) is 0 Å². The molecular weight excluding hydrogens is 352 g/mol. The normalized spacial score (nSPS) is 18.9. The summed E-state index contributed by atoms with van der Waals surface area (Å²) < 4.78 is 0. The predicted octanol–water partition coefficient (Wildman–Crippen LogP) is 5.96. The summed E-state index contributed by atoms with van der Waals surface area (Å²) in [6.07, 6.45) is 0.876. The minimum Gasteiger partial charge on any atom is -0.378 e. The van der Waals surface area contributed by atoms with Crippen LogP contribution in [0.3, 0.4) is 0 Å². The van der Waals surface area contributed by atoms with Crippen LogP contribution >= 0.6 is 11.3 Å². The molecule has 0 aliphatic carbocycles. The number of anilines is 2. The number of hydrogen-bond donors (Lipinski definition) is 1. The van der Waals surface area contributed by atoms with Crippen LogP contribution < -0.4 is 10.2 Å². The summed E-state index contributed by atoms with van der Waals surface area (Å²) in [7, 11) is 0. The fourth-order valence-corrected chi connectivity index (χ4v) is 4.46. The quantitative estimate of drug-likeness (QED) is 0.612. The van der Waals surface area contributed by atoms with E-state index in [-0.39, 0.29) is 18.0 Å². The molecular formula is C23H24N2OS. The number of carbonyl (C=O) groups excluding carboxylic acids is 1. The van der Waals surface area contributed by atoms with Crippen molar-refractivity contribution in [3.05, 3.63) is 81.5 Å². The number of thiophene rings is 1. The van der Waals surface area contributed by atoms with Crippen LogP contribution in [0.25, 0.3) is 0 Å². The molecule has 0 unspecified atom stereocenters. The van der Waals surface area contributed by atoms with E-state index in [1.165, 1.54) is 28.0 Å². The van der Waals surface area contributed by atoms with Crippen molar-refractivity contribution in [2.75, 3.05) is 10.2 Å². The van der Waals surface area contributed by atoms with Crippen molar-refractivity contribution in [1.29, 1.82) is 0 Å². The largest absolute Gasteiger partial charge is 0.378 e. The Morgan fingerprint density at radius 2 is 1.81 bits per heavy atom. The molecule has 1 aliphatic rings. The summed E-state index contributed by atoms with van der Waals surface area (Å²) in [6.45, 7) is 6.34. The van der Waals surface area contributed by atoms with Gasteiger partial charge in [0.25, 0.3) is 5.91 Å². The Bertz CT molecular complexity index is 947. The van der Waals surface area contributed by atoms with E-state index in [0.29, 0.717) is 0 Å². The van der Waals surface area contributed by atoms with Gasteiger partial charge in [-0.15, -0.1) is 11.3 Å². The lowest BCUT2D eigenvalue weighted by Crippen LogP contribution is -2.44. The second-order valence-corrected chi connectivity index (χ2v) is 8.31. The molecule has 1 N–H and O–H groups in total. The molecule has 2 aromatic carbocycles. The summed E-state index contributed by atoms with van der Waals surface area (Å²) in [6, 6.07) is 19.0. The molecule has 1 amide bonds. The summed E-state index contributed by atoms with van der Waals surface area (Å²) >= 11 is 1.50. The van der Waals surface area contributed by atoms with E-state index in [1.807, 2.05) is 22.4 Å². The first-order valence-electron chi connectivity index (χ1n) is 9.34. The van der Waals surface area contributed by atoms with Crippen LogP contribution in [-0.4, -0.2) is 11.9 Å². The molecule has 0 radical (unpaired) electrons. The minimum absolute atomic E-state index is 0.0939. The second kappa shape index (κ2) is 7.20. The van der Waals surface area contributed by atoms with Crippen LogP contribution in [0, 0.1) is 13.8 Å². The molecule has 138 valence electrons. The molecule has 0 spiro atoms. The zero-order valence-corrected chi connectivity index (χ0v) is 16.7. The number of amides is 1. The molecule has 3 aromatic rings. The molecule has 1 aromatic heterocycles. The van der Waals surface area contributed by atoms with Gasteiger partial charge in [-0.2, -0.15) is 0 Å². The Labute approximate surface area is 164 Å². The number of hydrogen-bond acceptors (Lipinski definition) is 3. The zero-order valence-electron chi connectivity index (χ0n) is 15.9. The summed E-state index contributed by atoms with van der Waals surface area (Å²) in [5.74, 6) is 0.0939. The van der Waals surface area contributed by atoms with Crippen LogP contribution in [0.5, 0.6) is 0 Å². The maximum atomic E-state index is 13.1. The standard InChI is InChI=1S/C23H24N2OS/c1-15-6-9-18(10-7-15)24-20-14-17(3)25(23(26)22-5-4-12-27-22)21-11-8-16(2)13-19(20)21/h4-13,17,20,24H,14H2,1-3H3/t17-,20+/m1/s1. The van der Waals surface area contributed by atoms with Gasteiger partial charge in [0.05, 0.1) is 10.9 Å². The number of nitrogens with one attached hydrogen (secondary N) is 1. The van der Waals surface area contributed by atoms with Gasteiger partial charge in [-0.05, 0) is 62.4 Å². The van der Waals surface area contributed by atoms with E-state index in [9.17, 15) is 4.79 Å². The fourth-order valence-electron chi connectivity index (χ4n) is 3.80. The van der Waals surface area contributed by atoms with E-state index in [2.05, 4.69) is 68.6 Å². The first-order valence-corrected chi connectivity index (χ1v) is 10.2. The molecule has 2 heterocycles. The Balaban J connectivity index is 1.71. The smallest absolute Gasteiger partial charge is 0.268 e. The van der Waals surface area contributed by atoms with Crippen molar-refractivity contribution in [3.63, 3.8) is 0 Å². The molecule has 4 rings (SSSR count). The molecule has 3 nitrogen and oxygen atoms in total. The van der Waals surface area contributed by atoms with Crippen molar-refractivity contribution in [2.45, 2.75) is 39.3 Å². The van der Waals surface area contributed by atoms with Gasteiger partial charge in [-0.1, -0.05) is 41.5 Å². The Morgan fingerprint density at radius 3 is 2.52 bits per heavy atom. The summed E-state index contributed by atoms with van der Waals surface area (Å²) in [5.41, 5.74) is 5.79. The summed E-state index contributed by atoms with van der Waals surface area (Å²) in [5, 5.41) is 5.64. The lowest BCUT2D eigenvalue weighted by Gasteiger charge is -2.40. The number of fused-ring (bicyclic) bond motifs is 1. The highest BCUT2D eigenvalue weighted by molar-refractivity contribution is 7.12. The first-order chi connectivity index (χ1) is 13.0. The number of carbonyl (C=O) groups is 1. The van der Waals surface area contributed by atoms with Crippen LogP contribution in [-0.2, 0) is 0 Å². The van der Waals surface area contributed by atoms with Gasteiger partial charge in [0.15, 0.2) is 0 Å². The topological polar surface area (TPSA) is 32.3 Å². The second-order valence-electron chi connectivity index (χ2n) is 7.36. The monoisotopic (exact) mass is 376 g/mol. The lowest BCUT2D eigenvalue weighted by atomic mass is 9.90.